The SMILES string of the molecule is Cn1cccc1C(CNC(=O)c1cccc(C(F)(F)F)c1)N1CCCCCC1. The van der Waals surface area contributed by atoms with Gasteiger partial charge in [0.15, 0.2) is 0 Å². The van der Waals surface area contributed by atoms with Gasteiger partial charge in [-0.3, -0.25) is 9.69 Å². The molecule has 1 saturated heterocycles. The fourth-order valence-electron chi connectivity index (χ4n) is 3.78. The van der Waals surface area contributed by atoms with Crippen molar-refractivity contribution in [3.05, 3.63) is 59.4 Å². The third-order valence-electron chi connectivity index (χ3n) is 5.31. The molecular weight excluding hydrogens is 367 g/mol. The Morgan fingerprint density at radius 2 is 1.82 bits per heavy atom. The second-order valence-electron chi connectivity index (χ2n) is 7.30. The summed E-state index contributed by atoms with van der Waals surface area (Å²) in [6.45, 7) is 2.26. The molecule has 2 heterocycles. The number of nitrogens with zero attached hydrogens (tertiary/aromatic N) is 2. The topological polar surface area (TPSA) is 37.3 Å². The van der Waals surface area contributed by atoms with Crippen molar-refractivity contribution in [2.45, 2.75) is 37.9 Å². The number of aromatic nitrogens is 1. The van der Waals surface area contributed by atoms with Crippen LogP contribution in [0, 0.1) is 0 Å². The zero-order valence-corrected chi connectivity index (χ0v) is 16.0. The number of carbonyl (C=O) groups excluding carboxylic acids is 1. The van der Waals surface area contributed by atoms with Gasteiger partial charge in [-0.25, -0.2) is 0 Å². The average molecular weight is 393 g/mol. The van der Waals surface area contributed by atoms with Crippen LogP contribution in [0.2, 0.25) is 0 Å². The maximum Gasteiger partial charge on any atom is 0.416 e. The van der Waals surface area contributed by atoms with Gasteiger partial charge in [0.2, 0.25) is 0 Å². The second-order valence-corrected chi connectivity index (χ2v) is 7.30. The third kappa shape index (κ3) is 4.95. The van der Waals surface area contributed by atoms with Crippen LogP contribution < -0.4 is 5.32 Å². The molecule has 1 N–H and O–H groups in total. The zero-order chi connectivity index (χ0) is 20.1. The second kappa shape index (κ2) is 8.82. The number of alkyl halides is 3. The highest BCUT2D eigenvalue weighted by Gasteiger charge is 2.31. The molecule has 1 fully saturated rings. The molecule has 0 bridgehead atoms. The van der Waals surface area contributed by atoms with E-state index in [0.29, 0.717) is 6.54 Å². The maximum absolute atomic E-state index is 12.9. The fourth-order valence-corrected chi connectivity index (χ4v) is 3.78. The van der Waals surface area contributed by atoms with E-state index in [0.717, 1.165) is 43.8 Å². The lowest BCUT2D eigenvalue weighted by molar-refractivity contribution is -0.137. The van der Waals surface area contributed by atoms with Crippen LogP contribution in [-0.4, -0.2) is 35.0 Å². The molecule has 4 nitrogen and oxygen atoms in total. The quantitative estimate of drug-likeness (QED) is 0.818. The van der Waals surface area contributed by atoms with Crippen LogP contribution in [-0.2, 0) is 13.2 Å². The lowest BCUT2D eigenvalue weighted by Gasteiger charge is -2.31. The molecule has 1 amide bonds. The largest absolute Gasteiger partial charge is 0.416 e. The molecule has 1 unspecified atom stereocenters. The van der Waals surface area contributed by atoms with E-state index >= 15 is 0 Å². The van der Waals surface area contributed by atoms with Crippen molar-refractivity contribution in [3.8, 4) is 0 Å². The molecule has 1 aromatic heterocycles. The summed E-state index contributed by atoms with van der Waals surface area (Å²) in [4.78, 5) is 14.9. The molecule has 1 aromatic carbocycles. The van der Waals surface area contributed by atoms with Crippen LogP contribution in [0.15, 0.2) is 42.6 Å². The first-order valence-corrected chi connectivity index (χ1v) is 9.67. The van der Waals surface area contributed by atoms with Crippen LogP contribution in [0.4, 0.5) is 13.2 Å². The lowest BCUT2D eigenvalue weighted by Crippen LogP contribution is -2.39. The van der Waals surface area contributed by atoms with Gasteiger partial charge < -0.3 is 9.88 Å². The smallest absolute Gasteiger partial charge is 0.353 e. The first-order chi connectivity index (χ1) is 13.4. The number of benzene rings is 1. The van der Waals surface area contributed by atoms with Crippen LogP contribution in [0.1, 0.15) is 53.3 Å². The molecule has 7 heteroatoms. The Labute approximate surface area is 163 Å². The predicted molar refractivity (Wildman–Crippen MR) is 102 cm³/mol. The van der Waals surface area contributed by atoms with Crippen LogP contribution >= 0.6 is 0 Å². The van der Waals surface area contributed by atoms with Gasteiger partial charge >= 0.3 is 6.18 Å². The number of likely N-dealkylation sites (tertiary alicyclic amines) is 1. The fraction of sp³-hybridized carbons (Fsp3) is 0.476. The van der Waals surface area contributed by atoms with Gasteiger partial charge in [0.25, 0.3) is 5.91 Å². The summed E-state index contributed by atoms with van der Waals surface area (Å²) in [5.41, 5.74) is 0.300. The van der Waals surface area contributed by atoms with E-state index < -0.39 is 17.6 Å². The maximum atomic E-state index is 12.9. The zero-order valence-electron chi connectivity index (χ0n) is 16.0. The molecule has 152 valence electrons. The molecule has 1 aliphatic rings. The number of hydrogen-bond acceptors (Lipinski definition) is 2. The standard InChI is InChI=1S/C21H26F3N3O/c1-26-11-7-10-18(26)19(27-12-4-2-3-5-13-27)15-25-20(28)16-8-6-9-17(14-16)21(22,23)24/h6-11,14,19H,2-5,12-13,15H2,1H3,(H,25,28). The summed E-state index contributed by atoms with van der Waals surface area (Å²) in [5.74, 6) is -0.486. The molecule has 0 saturated carbocycles. The summed E-state index contributed by atoms with van der Waals surface area (Å²) in [6, 6.07) is 8.54. The Morgan fingerprint density at radius 1 is 1.11 bits per heavy atom. The Balaban J connectivity index is 1.74. The first-order valence-electron chi connectivity index (χ1n) is 9.67. The van der Waals surface area contributed by atoms with Crippen molar-refractivity contribution >= 4 is 5.91 Å². The minimum Gasteiger partial charge on any atom is -0.353 e. The third-order valence-corrected chi connectivity index (χ3v) is 5.31. The van der Waals surface area contributed by atoms with Crippen molar-refractivity contribution in [3.63, 3.8) is 0 Å². The van der Waals surface area contributed by atoms with Crippen LogP contribution in [0.25, 0.3) is 0 Å². The number of halogens is 3. The monoisotopic (exact) mass is 393 g/mol. The number of nitrogens with one attached hydrogen (secondary N) is 1. The first kappa shape index (κ1) is 20.5. The van der Waals surface area contributed by atoms with E-state index in [9.17, 15) is 18.0 Å². The molecule has 28 heavy (non-hydrogen) atoms. The Morgan fingerprint density at radius 3 is 2.43 bits per heavy atom. The van der Waals surface area contributed by atoms with Crippen molar-refractivity contribution in [2.75, 3.05) is 19.6 Å². The van der Waals surface area contributed by atoms with Crippen molar-refractivity contribution in [2.24, 2.45) is 7.05 Å². The van der Waals surface area contributed by atoms with Crippen molar-refractivity contribution in [1.29, 1.82) is 0 Å². The van der Waals surface area contributed by atoms with Crippen molar-refractivity contribution < 1.29 is 18.0 Å². The number of carbonyl (C=O) groups is 1. The predicted octanol–water partition coefficient (Wildman–Crippen LogP) is 4.39. The number of amides is 1. The van der Waals surface area contributed by atoms with E-state index in [1.54, 1.807) is 0 Å². The Hall–Kier alpha value is -2.28. The van der Waals surface area contributed by atoms with Gasteiger partial charge in [0.05, 0.1) is 11.6 Å². The van der Waals surface area contributed by atoms with Gasteiger partial charge in [0, 0.05) is 31.0 Å². The van der Waals surface area contributed by atoms with E-state index in [2.05, 4.69) is 10.2 Å². The molecule has 0 spiro atoms. The Kier molecular flexibility index (Phi) is 6.44. The Bertz CT molecular complexity index is 792. The molecule has 1 aliphatic heterocycles. The number of rotatable bonds is 5. The normalized spacial score (nSPS) is 17.1. The van der Waals surface area contributed by atoms with Gasteiger partial charge in [-0.05, 0) is 56.3 Å². The van der Waals surface area contributed by atoms with E-state index in [-0.39, 0.29) is 11.6 Å². The average Bonchev–Trinajstić information content (AvgIpc) is 2.92. The van der Waals surface area contributed by atoms with Gasteiger partial charge in [-0.1, -0.05) is 18.9 Å². The minimum atomic E-state index is -4.46. The van der Waals surface area contributed by atoms with E-state index in [1.807, 2.05) is 29.9 Å². The van der Waals surface area contributed by atoms with Gasteiger partial charge in [-0.15, -0.1) is 0 Å². The van der Waals surface area contributed by atoms with Crippen LogP contribution in [0.5, 0.6) is 0 Å². The summed E-state index contributed by atoms with van der Waals surface area (Å²) < 4.78 is 40.8. The van der Waals surface area contributed by atoms with E-state index in [1.165, 1.54) is 25.0 Å². The highest BCUT2D eigenvalue weighted by atomic mass is 19.4. The number of hydrogen-bond donors (Lipinski definition) is 1. The molecule has 3 rings (SSSR count). The highest BCUT2D eigenvalue weighted by molar-refractivity contribution is 5.94. The summed E-state index contributed by atoms with van der Waals surface area (Å²) in [6.07, 6.45) is 2.13. The van der Waals surface area contributed by atoms with Gasteiger partial charge in [-0.2, -0.15) is 13.2 Å². The minimum absolute atomic E-state index is 0.00662. The summed E-state index contributed by atoms with van der Waals surface area (Å²) in [5, 5.41) is 2.85. The van der Waals surface area contributed by atoms with E-state index in [4.69, 9.17) is 0 Å². The van der Waals surface area contributed by atoms with Crippen molar-refractivity contribution in [1.82, 2.24) is 14.8 Å². The highest BCUT2D eigenvalue weighted by Crippen LogP contribution is 2.29. The lowest BCUT2D eigenvalue weighted by atomic mass is 10.1. The summed E-state index contributed by atoms with van der Waals surface area (Å²) in [7, 11) is 1.97. The molecule has 0 radical (unpaired) electrons. The van der Waals surface area contributed by atoms with Gasteiger partial charge in [0.1, 0.15) is 0 Å². The number of aryl methyl sites for hydroxylation is 1. The molecule has 1 atom stereocenters. The molecular formula is C21H26F3N3O. The van der Waals surface area contributed by atoms with Crippen LogP contribution in [0.3, 0.4) is 0 Å². The molecule has 2 aromatic rings. The molecule has 0 aliphatic carbocycles. The summed E-state index contributed by atoms with van der Waals surface area (Å²) >= 11 is 0.